The second kappa shape index (κ2) is 6.58. The van der Waals surface area contributed by atoms with Gasteiger partial charge in [-0.3, -0.25) is 9.69 Å². The van der Waals surface area contributed by atoms with Crippen molar-refractivity contribution in [3.05, 3.63) is 35.4 Å². The Morgan fingerprint density at radius 2 is 2.05 bits per heavy atom. The van der Waals surface area contributed by atoms with Gasteiger partial charge in [0.05, 0.1) is 6.54 Å². The van der Waals surface area contributed by atoms with E-state index in [1.54, 1.807) is 0 Å². The molecule has 0 aromatic heterocycles. The van der Waals surface area contributed by atoms with E-state index in [1.165, 1.54) is 12.0 Å². The highest BCUT2D eigenvalue weighted by molar-refractivity contribution is 5.78. The van der Waals surface area contributed by atoms with Crippen LogP contribution in [0.5, 0.6) is 0 Å². The van der Waals surface area contributed by atoms with Crippen molar-refractivity contribution in [1.29, 1.82) is 0 Å². The van der Waals surface area contributed by atoms with Gasteiger partial charge in [0.1, 0.15) is 0 Å². The lowest BCUT2D eigenvalue weighted by Gasteiger charge is -2.33. The molecule has 1 aromatic rings. The van der Waals surface area contributed by atoms with Gasteiger partial charge < -0.3 is 10.6 Å². The molecule has 0 aliphatic carbocycles. The summed E-state index contributed by atoms with van der Waals surface area (Å²) in [6.45, 7) is 7.64. The van der Waals surface area contributed by atoms with Gasteiger partial charge in [-0.25, -0.2) is 0 Å². The van der Waals surface area contributed by atoms with E-state index in [1.807, 2.05) is 0 Å². The average molecular weight is 287 g/mol. The number of nitrogens with one attached hydrogen (secondary N) is 2. The number of hydrogen-bond acceptors (Lipinski definition) is 3. The summed E-state index contributed by atoms with van der Waals surface area (Å²) in [6.07, 6.45) is 1.23. The number of carbonyl (C=O) groups is 1. The van der Waals surface area contributed by atoms with E-state index in [0.29, 0.717) is 13.1 Å². The molecule has 2 heterocycles. The summed E-state index contributed by atoms with van der Waals surface area (Å²) in [4.78, 5) is 14.4. The zero-order valence-electron chi connectivity index (χ0n) is 12.8. The van der Waals surface area contributed by atoms with Crippen LogP contribution in [0.25, 0.3) is 0 Å². The third-order valence-corrected chi connectivity index (χ3v) is 4.77. The fraction of sp³-hybridized carbons (Fsp3) is 0.588. The van der Waals surface area contributed by atoms with E-state index >= 15 is 0 Å². The first-order chi connectivity index (χ1) is 10.2. The average Bonchev–Trinajstić information content (AvgIpc) is 2.94. The highest BCUT2D eigenvalue weighted by Gasteiger charge is 2.33. The molecular weight excluding hydrogens is 262 g/mol. The lowest BCUT2D eigenvalue weighted by Crippen LogP contribution is -2.45. The molecule has 0 saturated carbocycles. The maximum Gasteiger partial charge on any atom is 0.234 e. The molecule has 2 N–H and O–H groups in total. The summed E-state index contributed by atoms with van der Waals surface area (Å²) >= 11 is 0. The van der Waals surface area contributed by atoms with Crippen molar-refractivity contribution in [2.45, 2.75) is 19.9 Å². The van der Waals surface area contributed by atoms with Gasteiger partial charge in [0, 0.05) is 13.1 Å². The summed E-state index contributed by atoms with van der Waals surface area (Å²) in [5, 5.41) is 6.49. The van der Waals surface area contributed by atoms with Crippen molar-refractivity contribution in [3.63, 3.8) is 0 Å². The number of hydrogen-bond donors (Lipinski definition) is 2. The number of carbonyl (C=O) groups excluding carboxylic acids is 1. The fourth-order valence-corrected chi connectivity index (χ4v) is 3.42. The molecule has 2 aliphatic heterocycles. The highest BCUT2D eigenvalue weighted by atomic mass is 16.2. The van der Waals surface area contributed by atoms with Gasteiger partial charge in [-0.15, -0.1) is 0 Å². The number of piperidine rings is 1. The van der Waals surface area contributed by atoms with Gasteiger partial charge in [-0.2, -0.15) is 0 Å². The summed E-state index contributed by atoms with van der Waals surface area (Å²) in [5.41, 5.74) is 2.41. The second-order valence-corrected chi connectivity index (χ2v) is 6.46. The zero-order chi connectivity index (χ0) is 14.7. The first-order valence-electron chi connectivity index (χ1n) is 7.96. The molecule has 0 bridgehead atoms. The smallest absolute Gasteiger partial charge is 0.234 e. The van der Waals surface area contributed by atoms with Crippen LogP contribution < -0.4 is 10.6 Å². The van der Waals surface area contributed by atoms with E-state index in [-0.39, 0.29) is 5.91 Å². The molecule has 114 valence electrons. The van der Waals surface area contributed by atoms with Crippen LogP contribution in [0.1, 0.15) is 17.5 Å². The van der Waals surface area contributed by atoms with Crippen molar-refractivity contribution in [2.75, 3.05) is 32.7 Å². The summed E-state index contributed by atoms with van der Waals surface area (Å²) < 4.78 is 0. The number of amides is 1. The summed E-state index contributed by atoms with van der Waals surface area (Å²) in [7, 11) is 0. The number of nitrogens with zero attached hydrogens (tertiary/aromatic N) is 1. The topological polar surface area (TPSA) is 44.4 Å². The van der Waals surface area contributed by atoms with Crippen LogP contribution in [-0.2, 0) is 11.3 Å². The molecule has 21 heavy (non-hydrogen) atoms. The molecular formula is C17H25N3O. The Bertz CT molecular complexity index is 485. The van der Waals surface area contributed by atoms with E-state index in [4.69, 9.17) is 0 Å². The molecule has 4 nitrogen and oxygen atoms in total. The molecule has 2 atom stereocenters. The Morgan fingerprint density at radius 1 is 1.29 bits per heavy atom. The highest BCUT2D eigenvalue weighted by Crippen LogP contribution is 2.26. The van der Waals surface area contributed by atoms with E-state index < -0.39 is 0 Å². The summed E-state index contributed by atoms with van der Waals surface area (Å²) in [6, 6.07) is 8.31. The first kappa shape index (κ1) is 14.5. The standard InChI is InChI=1S/C17H25N3O/c1-13-2-4-14(5-3-13)8-19-17(21)12-20-7-6-15-9-18-10-16(15)11-20/h2-5,15-16,18H,6-12H2,1H3,(H,19,21). The van der Waals surface area contributed by atoms with Crippen molar-refractivity contribution < 1.29 is 4.79 Å². The van der Waals surface area contributed by atoms with Crippen LogP contribution >= 0.6 is 0 Å². The van der Waals surface area contributed by atoms with Crippen molar-refractivity contribution in [3.8, 4) is 0 Å². The van der Waals surface area contributed by atoms with Crippen molar-refractivity contribution in [2.24, 2.45) is 11.8 Å². The Balaban J connectivity index is 1.43. The van der Waals surface area contributed by atoms with E-state index in [0.717, 1.165) is 43.6 Å². The Labute approximate surface area is 126 Å². The predicted octanol–water partition coefficient (Wildman–Crippen LogP) is 1.15. The zero-order valence-corrected chi connectivity index (χ0v) is 12.8. The molecule has 2 aliphatic rings. The van der Waals surface area contributed by atoms with Crippen molar-refractivity contribution >= 4 is 5.91 Å². The molecule has 0 radical (unpaired) electrons. The minimum atomic E-state index is 0.139. The van der Waals surface area contributed by atoms with Gasteiger partial charge in [0.25, 0.3) is 0 Å². The van der Waals surface area contributed by atoms with Crippen LogP contribution in [0.15, 0.2) is 24.3 Å². The normalized spacial score (nSPS) is 25.6. The van der Waals surface area contributed by atoms with Crippen LogP contribution in [0.4, 0.5) is 0 Å². The number of rotatable bonds is 4. The lowest BCUT2D eigenvalue weighted by atomic mass is 9.89. The Morgan fingerprint density at radius 3 is 2.86 bits per heavy atom. The molecule has 2 saturated heterocycles. The number of likely N-dealkylation sites (tertiary alicyclic amines) is 1. The first-order valence-corrected chi connectivity index (χ1v) is 7.96. The maximum absolute atomic E-state index is 12.1. The number of fused-ring (bicyclic) bond motifs is 1. The fourth-order valence-electron chi connectivity index (χ4n) is 3.42. The summed E-state index contributed by atoms with van der Waals surface area (Å²) in [5.74, 6) is 1.71. The van der Waals surface area contributed by atoms with Gasteiger partial charge in [0.2, 0.25) is 5.91 Å². The van der Waals surface area contributed by atoms with Crippen LogP contribution in [0.2, 0.25) is 0 Å². The molecule has 2 unspecified atom stereocenters. The van der Waals surface area contributed by atoms with Gasteiger partial charge in [-0.05, 0) is 50.4 Å². The largest absolute Gasteiger partial charge is 0.351 e. The van der Waals surface area contributed by atoms with Gasteiger partial charge in [0.15, 0.2) is 0 Å². The van der Waals surface area contributed by atoms with Crippen LogP contribution in [0.3, 0.4) is 0 Å². The number of aryl methyl sites for hydroxylation is 1. The quantitative estimate of drug-likeness (QED) is 0.873. The molecule has 3 rings (SSSR count). The van der Waals surface area contributed by atoms with Gasteiger partial charge in [-0.1, -0.05) is 29.8 Å². The van der Waals surface area contributed by atoms with Crippen LogP contribution in [0, 0.1) is 18.8 Å². The SMILES string of the molecule is Cc1ccc(CNC(=O)CN2CCC3CNCC3C2)cc1. The number of benzene rings is 1. The van der Waals surface area contributed by atoms with Crippen LogP contribution in [-0.4, -0.2) is 43.5 Å². The third-order valence-electron chi connectivity index (χ3n) is 4.77. The minimum Gasteiger partial charge on any atom is -0.351 e. The Hall–Kier alpha value is -1.39. The second-order valence-electron chi connectivity index (χ2n) is 6.46. The maximum atomic E-state index is 12.1. The molecule has 1 aromatic carbocycles. The molecule has 1 amide bonds. The van der Waals surface area contributed by atoms with E-state index in [2.05, 4.69) is 46.7 Å². The van der Waals surface area contributed by atoms with E-state index in [9.17, 15) is 4.79 Å². The predicted molar refractivity (Wildman–Crippen MR) is 83.9 cm³/mol. The lowest BCUT2D eigenvalue weighted by molar-refractivity contribution is -0.122. The molecule has 0 spiro atoms. The Kier molecular flexibility index (Phi) is 4.56. The monoisotopic (exact) mass is 287 g/mol. The molecule has 4 heteroatoms. The third kappa shape index (κ3) is 3.83. The van der Waals surface area contributed by atoms with Gasteiger partial charge >= 0.3 is 0 Å². The molecule has 2 fully saturated rings. The van der Waals surface area contributed by atoms with Crippen molar-refractivity contribution in [1.82, 2.24) is 15.5 Å². The minimum absolute atomic E-state index is 0.139.